The van der Waals surface area contributed by atoms with Crippen LogP contribution in [-0.4, -0.2) is 43.8 Å². The SMILES string of the molecule is CCC(=O)OCCCCCCCCCOc1ccc(N=Nc2ccc(N=Nc3ccc(N4CCSCC4)cc3)cc2)cc1. The number of esters is 1. The van der Waals surface area contributed by atoms with Crippen molar-refractivity contribution in [1.29, 1.82) is 0 Å². The molecule has 0 N–H and O–H groups in total. The third-order valence-electron chi connectivity index (χ3n) is 7.08. The van der Waals surface area contributed by atoms with Gasteiger partial charge in [-0.1, -0.05) is 39.0 Å². The second-order valence-corrected chi connectivity index (χ2v) is 11.6. The summed E-state index contributed by atoms with van der Waals surface area (Å²) >= 11 is 2.01. The summed E-state index contributed by atoms with van der Waals surface area (Å²) in [6.45, 7) is 5.28. The molecule has 43 heavy (non-hydrogen) atoms. The third-order valence-corrected chi connectivity index (χ3v) is 8.03. The van der Waals surface area contributed by atoms with Gasteiger partial charge in [-0.05, 0) is 85.6 Å². The number of carbonyl (C=O) groups is 1. The van der Waals surface area contributed by atoms with Crippen molar-refractivity contribution < 1.29 is 14.3 Å². The Morgan fingerprint density at radius 2 is 1.09 bits per heavy atom. The van der Waals surface area contributed by atoms with E-state index in [1.807, 2.05) is 79.3 Å². The van der Waals surface area contributed by atoms with Crippen LogP contribution in [0.4, 0.5) is 28.4 Å². The number of carbonyl (C=O) groups excluding carboxylic acids is 1. The Hall–Kier alpha value is -3.72. The number of thioether (sulfide) groups is 1. The van der Waals surface area contributed by atoms with Gasteiger partial charge in [-0.25, -0.2) is 0 Å². The molecule has 0 aliphatic carbocycles. The van der Waals surface area contributed by atoms with E-state index in [1.165, 1.54) is 36.5 Å². The maximum atomic E-state index is 11.1. The lowest BCUT2D eigenvalue weighted by molar-refractivity contribution is -0.143. The van der Waals surface area contributed by atoms with Crippen LogP contribution in [0.5, 0.6) is 5.75 Å². The predicted molar refractivity (Wildman–Crippen MR) is 176 cm³/mol. The van der Waals surface area contributed by atoms with Crippen molar-refractivity contribution in [2.45, 2.75) is 58.3 Å². The summed E-state index contributed by atoms with van der Waals surface area (Å²) in [5, 5.41) is 17.4. The van der Waals surface area contributed by atoms with Gasteiger partial charge in [-0.3, -0.25) is 4.79 Å². The van der Waals surface area contributed by atoms with Gasteiger partial charge in [0.2, 0.25) is 0 Å². The number of hydrogen-bond donors (Lipinski definition) is 0. The summed E-state index contributed by atoms with van der Waals surface area (Å²) in [6, 6.07) is 23.5. The van der Waals surface area contributed by atoms with E-state index < -0.39 is 0 Å². The van der Waals surface area contributed by atoms with Gasteiger partial charge in [0.05, 0.1) is 36.0 Å². The van der Waals surface area contributed by atoms with Crippen LogP contribution >= 0.6 is 11.8 Å². The first-order valence-electron chi connectivity index (χ1n) is 15.4. The van der Waals surface area contributed by atoms with Gasteiger partial charge in [0.1, 0.15) is 5.75 Å². The second kappa shape index (κ2) is 18.7. The summed E-state index contributed by atoms with van der Waals surface area (Å²) in [6.07, 6.45) is 8.31. The number of benzene rings is 3. The van der Waals surface area contributed by atoms with Gasteiger partial charge in [0.15, 0.2) is 0 Å². The van der Waals surface area contributed by atoms with Gasteiger partial charge < -0.3 is 14.4 Å². The molecule has 9 heteroatoms. The van der Waals surface area contributed by atoms with Crippen molar-refractivity contribution >= 4 is 46.2 Å². The average Bonchev–Trinajstić information content (AvgIpc) is 3.06. The maximum absolute atomic E-state index is 11.1. The Balaban J connectivity index is 1.10. The molecule has 0 spiro atoms. The topological polar surface area (TPSA) is 88.2 Å². The van der Waals surface area contributed by atoms with Crippen molar-refractivity contribution in [2.24, 2.45) is 20.5 Å². The third kappa shape index (κ3) is 12.2. The number of azo groups is 2. The highest BCUT2D eigenvalue weighted by Crippen LogP contribution is 2.26. The lowest BCUT2D eigenvalue weighted by Crippen LogP contribution is -2.32. The smallest absolute Gasteiger partial charge is 0.305 e. The average molecular weight is 602 g/mol. The molecule has 4 rings (SSSR count). The molecular weight excluding hydrogens is 558 g/mol. The van der Waals surface area contributed by atoms with E-state index in [0.29, 0.717) is 19.6 Å². The highest BCUT2D eigenvalue weighted by molar-refractivity contribution is 7.99. The Kier molecular flexibility index (Phi) is 14.0. The molecule has 8 nitrogen and oxygen atoms in total. The van der Waals surface area contributed by atoms with Crippen LogP contribution in [0.25, 0.3) is 0 Å². The summed E-state index contributed by atoms with van der Waals surface area (Å²) in [4.78, 5) is 13.5. The highest BCUT2D eigenvalue weighted by Gasteiger charge is 2.10. The molecule has 3 aromatic carbocycles. The van der Waals surface area contributed by atoms with Crippen LogP contribution in [-0.2, 0) is 9.53 Å². The molecule has 1 heterocycles. The number of unbranched alkanes of at least 4 members (excludes halogenated alkanes) is 6. The standard InChI is InChI=1S/C34H43N5O3S/c1-2-34(40)42-25-9-7-5-3-4-6-8-24-41-33-20-16-31(17-21-33)38-36-29-12-10-28(11-13-29)35-37-30-14-18-32(19-15-30)39-22-26-43-27-23-39/h10-21H,2-9,22-27H2,1H3. The number of anilines is 1. The first-order chi connectivity index (χ1) is 21.2. The summed E-state index contributed by atoms with van der Waals surface area (Å²) in [7, 11) is 0. The van der Waals surface area contributed by atoms with E-state index in [-0.39, 0.29) is 5.97 Å². The Labute approximate surface area is 260 Å². The van der Waals surface area contributed by atoms with E-state index in [2.05, 4.69) is 37.5 Å². The number of hydrogen-bond acceptors (Lipinski definition) is 9. The summed E-state index contributed by atoms with van der Waals surface area (Å²) in [5.74, 6) is 3.11. The van der Waals surface area contributed by atoms with Crippen LogP contribution in [0.1, 0.15) is 58.3 Å². The van der Waals surface area contributed by atoms with Crippen LogP contribution in [0.2, 0.25) is 0 Å². The molecule has 1 fully saturated rings. The van der Waals surface area contributed by atoms with Gasteiger partial charge in [-0.15, -0.1) is 0 Å². The first-order valence-corrected chi connectivity index (χ1v) is 16.6. The number of rotatable bonds is 17. The largest absolute Gasteiger partial charge is 0.494 e. The molecule has 1 aliphatic rings. The molecule has 0 atom stereocenters. The van der Waals surface area contributed by atoms with Crippen molar-refractivity contribution in [2.75, 3.05) is 42.7 Å². The Bertz CT molecular complexity index is 1270. The molecule has 0 saturated carbocycles. The van der Waals surface area contributed by atoms with E-state index in [9.17, 15) is 4.79 Å². The molecule has 0 amide bonds. The zero-order valence-electron chi connectivity index (χ0n) is 25.2. The van der Waals surface area contributed by atoms with E-state index in [1.54, 1.807) is 0 Å². The fourth-order valence-electron chi connectivity index (χ4n) is 4.54. The summed E-state index contributed by atoms with van der Waals surface area (Å²) < 4.78 is 11.0. The van der Waals surface area contributed by atoms with Crippen molar-refractivity contribution in [3.05, 3.63) is 72.8 Å². The van der Waals surface area contributed by atoms with Crippen molar-refractivity contribution in [1.82, 2.24) is 0 Å². The lowest BCUT2D eigenvalue weighted by Gasteiger charge is -2.28. The molecule has 0 bridgehead atoms. The zero-order valence-corrected chi connectivity index (χ0v) is 26.0. The fourth-order valence-corrected chi connectivity index (χ4v) is 5.45. The zero-order chi connectivity index (χ0) is 30.0. The quantitative estimate of drug-likeness (QED) is 0.0872. The normalized spacial score (nSPS) is 13.6. The van der Waals surface area contributed by atoms with E-state index in [0.717, 1.165) is 67.3 Å². The lowest BCUT2D eigenvalue weighted by atomic mass is 10.1. The summed E-state index contributed by atoms with van der Waals surface area (Å²) in [5.41, 5.74) is 4.37. The molecule has 0 radical (unpaired) electrons. The molecule has 1 saturated heterocycles. The maximum Gasteiger partial charge on any atom is 0.305 e. The molecule has 1 aliphatic heterocycles. The van der Waals surface area contributed by atoms with Gasteiger partial charge in [0.25, 0.3) is 0 Å². The van der Waals surface area contributed by atoms with Crippen molar-refractivity contribution in [3.63, 3.8) is 0 Å². The van der Waals surface area contributed by atoms with Crippen molar-refractivity contribution in [3.8, 4) is 5.75 Å². The first kappa shape index (κ1) is 32.2. The number of nitrogens with zero attached hydrogens (tertiary/aromatic N) is 5. The number of ether oxygens (including phenoxy) is 2. The highest BCUT2D eigenvalue weighted by atomic mass is 32.2. The minimum absolute atomic E-state index is 0.107. The molecular formula is C34H43N5O3S. The van der Waals surface area contributed by atoms with Crippen LogP contribution < -0.4 is 9.64 Å². The molecule has 3 aromatic rings. The van der Waals surface area contributed by atoms with E-state index >= 15 is 0 Å². The minimum atomic E-state index is -0.107. The Morgan fingerprint density at radius 3 is 1.60 bits per heavy atom. The molecule has 0 aromatic heterocycles. The van der Waals surface area contributed by atoms with Crippen LogP contribution in [0.3, 0.4) is 0 Å². The minimum Gasteiger partial charge on any atom is -0.494 e. The van der Waals surface area contributed by atoms with Gasteiger partial charge >= 0.3 is 5.97 Å². The second-order valence-electron chi connectivity index (χ2n) is 10.4. The fraction of sp³-hybridized carbons (Fsp3) is 0.441. The van der Waals surface area contributed by atoms with Crippen LogP contribution in [0, 0.1) is 0 Å². The van der Waals surface area contributed by atoms with E-state index in [4.69, 9.17) is 9.47 Å². The molecule has 0 unspecified atom stereocenters. The predicted octanol–water partition coefficient (Wildman–Crippen LogP) is 10.1. The van der Waals surface area contributed by atoms with Gasteiger partial charge in [0, 0.05) is 36.7 Å². The Morgan fingerprint density at radius 1 is 0.651 bits per heavy atom. The van der Waals surface area contributed by atoms with Gasteiger partial charge in [-0.2, -0.15) is 32.2 Å². The van der Waals surface area contributed by atoms with Crippen LogP contribution in [0.15, 0.2) is 93.3 Å². The monoisotopic (exact) mass is 601 g/mol. The molecule has 228 valence electrons.